The molecule has 0 spiro atoms. The molecule has 0 bridgehead atoms. The van der Waals surface area contributed by atoms with Gasteiger partial charge in [0, 0.05) is 13.0 Å². The number of amides is 1. The van der Waals surface area contributed by atoms with E-state index >= 15 is 0 Å². The minimum Gasteiger partial charge on any atom is -0.410 e. The van der Waals surface area contributed by atoms with Crippen molar-refractivity contribution in [1.82, 2.24) is 4.90 Å². The third-order valence-electron chi connectivity index (χ3n) is 2.46. The van der Waals surface area contributed by atoms with Crippen molar-refractivity contribution >= 4 is 11.9 Å². The Balaban J connectivity index is 1.95. The Hall–Kier alpha value is -1.84. The summed E-state index contributed by atoms with van der Waals surface area (Å²) in [5.74, 6) is 0.599. The highest BCUT2D eigenvalue weighted by molar-refractivity contribution is 5.85. The van der Waals surface area contributed by atoms with Gasteiger partial charge in [0.25, 0.3) is 0 Å². The van der Waals surface area contributed by atoms with Crippen LogP contribution >= 0.6 is 0 Å². The van der Waals surface area contributed by atoms with E-state index in [-0.39, 0.29) is 12.3 Å². The summed E-state index contributed by atoms with van der Waals surface area (Å²) < 4.78 is 5.14. The van der Waals surface area contributed by atoms with Crippen LogP contribution in [0.15, 0.2) is 30.3 Å². The summed E-state index contributed by atoms with van der Waals surface area (Å²) in [4.78, 5) is 24.3. The van der Waals surface area contributed by atoms with E-state index < -0.39 is 6.09 Å². The first kappa shape index (κ1) is 10.7. The second kappa shape index (κ2) is 4.79. The smallest absolute Gasteiger partial charge is 0.410 e. The van der Waals surface area contributed by atoms with Crippen LogP contribution in [0, 0.1) is 0 Å². The predicted octanol–water partition coefficient (Wildman–Crippen LogP) is 1.85. The fourth-order valence-corrected chi connectivity index (χ4v) is 1.65. The Kier molecular flexibility index (Phi) is 3.19. The molecule has 1 aromatic rings. The fourth-order valence-electron chi connectivity index (χ4n) is 1.65. The van der Waals surface area contributed by atoms with E-state index in [1.165, 1.54) is 4.90 Å². The molecule has 0 radical (unpaired) electrons. The summed E-state index contributed by atoms with van der Waals surface area (Å²) >= 11 is 0. The van der Waals surface area contributed by atoms with Crippen LogP contribution in [0.5, 0.6) is 5.75 Å². The van der Waals surface area contributed by atoms with Crippen LogP contribution in [-0.4, -0.2) is 29.9 Å². The van der Waals surface area contributed by atoms with Gasteiger partial charge in [0.15, 0.2) is 5.78 Å². The van der Waals surface area contributed by atoms with Crippen LogP contribution in [-0.2, 0) is 4.79 Å². The van der Waals surface area contributed by atoms with Crippen molar-refractivity contribution in [3.05, 3.63) is 30.3 Å². The number of hydrogen-bond acceptors (Lipinski definition) is 3. The molecule has 4 heteroatoms. The topological polar surface area (TPSA) is 46.6 Å². The highest BCUT2D eigenvalue weighted by Crippen LogP contribution is 2.12. The van der Waals surface area contributed by atoms with Gasteiger partial charge >= 0.3 is 6.09 Å². The molecular formula is C12H13NO3. The predicted molar refractivity (Wildman–Crippen MR) is 58.3 cm³/mol. The van der Waals surface area contributed by atoms with Crippen molar-refractivity contribution < 1.29 is 14.3 Å². The molecule has 1 fully saturated rings. The van der Waals surface area contributed by atoms with Crippen molar-refractivity contribution in [1.29, 1.82) is 0 Å². The summed E-state index contributed by atoms with van der Waals surface area (Å²) in [6.45, 7) is 0.767. The molecule has 1 aromatic carbocycles. The van der Waals surface area contributed by atoms with Crippen LogP contribution in [0.4, 0.5) is 4.79 Å². The monoisotopic (exact) mass is 219 g/mol. The van der Waals surface area contributed by atoms with Gasteiger partial charge in [0.2, 0.25) is 0 Å². The number of benzene rings is 1. The molecule has 1 aliphatic rings. The molecule has 0 atom stereocenters. The van der Waals surface area contributed by atoms with Crippen LogP contribution in [0.2, 0.25) is 0 Å². The molecule has 1 amide bonds. The number of rotatable bonds is 1. The molecule has 1 heterocycles. The zero-order valence-electron chi connectivity index (χ0n) is 8.89. The van der Waals surface area contributed by atoms with Gasteiger partial charge in [0.1, 0.15) is 5.75 Å². The highest BCUT2D eigenvalue weighted by atomic mass is 16.6. The molecule has 0 aliphatic carbocycles. The minimum atomic E-state index is -0.445. The maximum Gasteiger partial charge on any atom is 0.415 e. The summed E-state index contributed by atoms with van der Waals surface area (Å²) in [6, 6.07) is 8.86. The van der Waals surface area contributed by atoms with Gasteiger partial charge in [-0.25, -0.2) is 4.79 Å². The van der Waals surface area contributed by atoms with Crippen molar-refractivity contribution in [2.75, 3.05) is 13.1 Å². The normalized spacial score (nSPS) is 16.0. The van der Waals surface area contributed by atoms with E-state index in [2.05, 4.69) is 0 Å². The van der Waals surface area contributed by atoms with Crippen LogP contribution in [0.25, 0.3) is 0 Å². The Morgan fingerprint density at radius 2 is 2.00 bits per heavy atom. The minimum absolute atomic E-state index is 0.0938. The number of carbonyl (C=O) groups excluding carboxylic acids is 2. The van der Waals surface area contributed by atoms with E-state index in [9.17, 15) is 9.59 Å². The van der Waals surface area contributed by atoms with Gasteiger partial charge in [-0.2, -0.15) is 0 Å². The molecule has 0 unspecified atom stereocenters. The Morgan fingerprint density at radius 1 is 1.25 bits per heavy atom. The first-order chi connectivity index (χ1) is 7.75. The Bertz CT molecular complexity index is 389. The molecule has 16 heavy (non-hydrogen) atoms. The van der Waals surface area contributed by atoms with Gasteiger partial charge in [-0.3, -0.25) is 4.79 Å². The summed E-state index contributed by atoms with van der Waals surface area (Å²) in [5.41, 5.74) is 0. The lowest BCUT2D eigenvalue weighted by atomic mass is 10.1. The number of likely N-dealkylation sites (tertiary alicyclic amines) is 1. The van der Waals surface area contributed by atoms with Crippen LogP contribution < -0.4 is 4.74 Å². The summed E-state index contributed by atoms with van der Waals surface area (Å²) in [5, 5.41) is 0. The van der Waals surface area contributed by atoms with Crippen LogP contribution in [0.3, 0.4) is 0 Å². The van der Waals surface area contributed by atoms with Gasteiger partial charge in [-0.1, -0.05) is 18.2 Å². The van der Waals surface area contributed by atoms with Gasteiger partial charge < -0.3 is 9.64 Å². The number of piperidine rings is 1. The number of para-hydroxylation sites is 1. The fraction of sp³-hybridized carbons (Fsp3) is 0.333. The number of hydrogen-bond donors (Lipinski definition) is 0. The molecule has 1 saturated heterocycles. The Morgan fingerprint density at radius 3 is 2.69 bits per heavy atom. The molecule has 0 N–H and O–H groups in total. The highest BCUT2D eigenvalue weighted by Gasteiger charge is 2.22. The zero-order valence-corrected chi connectivity index (χ0v) is 8.89. The number of carbonyl (C=O) groups is 2. The first-order valence-electron chi connectivity index (χ1n) is 5.29. The number of Topliss-reactive ketones (excluding diaryl/α,β-unsaturated/α-hetero) is 1. The van der Waals surface area contributed by atoms with Crippen molar-refractivity contribution in [3.63, 3.8) is 0 Å². The standard InChI is InChI=1S/C12H13NO3/c14-10-5-4-8-13(9-10)12(15)16-11-6-2-1-3-7-11/h1-3,6-7H,4-5,8-9H2. The molecule has 4 nitrogen and oxygen atoms in total. The third kappa shape index (κ3) is 2.59. The molecule has 0 aromatic heterocycles. The lowest BCUT2D eigenvalue weighted by Crippen LogP contribution is -2.41. The van der Waals surface area contributed by atoms with E-state index in [0.29, 0.717) is 18.7 Å². The number of nitrogens with zero attached hydrogens (tertiary/aromatic N) is 1. The third-order valence-corrected chi connectivity index (χ3v) is 2.46. The van der Waals surface area contributed by atoms with Gasteiger partial charge in [-0.05, 0) is 18.6 Å². The average molecular weight is 219 g/mol. The second-order valence-corrected chi connectivity index (χ2v) is 3.74. The maximum atomic E-state index is 11.7. The van der Waals surface area contributed by atoms with Crippen LogP contribution in [0.1, 0.15) is 12.8 Å². The zero-order chi connectivity index (χ0) is 11.4. The quantitative estimate of drug-likeness (QED) is 0.724. The largest absolute Gasteiger partial charge is 0.415 e. The molecular weight excluding hydrogens is 206 g/mol. The van der Waals surface area contributed by atoms with Gasteiger partial charge in [-0.15, -0.1) is 0 Å². The lowest BCUT2D eigenvalue weighted by Gasteiger charge is -2.24. The summed E-state index contributed by atoms with van der Waals surface area (Å²) in [6.07, 6.45) is 0.844. The van der Waals surface area contributed by atoms with E-state index in [4.69, 9.17) is 4.74 Å². The second-order valence-electron chi connectivity index (χ2n) is 3.74. The first-order valence-corrected chi connectivity index (χ1v) is 5.29. The molecule has 0 saturated carbocycles. The number of ketones is 1. The van der Waals surface area contributed by atoms with Gasteiger partial charge in [0.05, 0.1) is 6.54 Å². The van der Waals surface area contributed by atoms with E-state index in [1.54, 1.807) is 24.3 Å². The molecule has 2 rings (SSSR count). The summed E-state index contributed by atoms with van der Waals surface area (Å²) in [7, 11) is 0. The van der Waals surface area contributed by atoms with Crippen molar-refractivity contribution in [2.24, 2.45) is 0 Å². The molecule has 84 valence electrons. The average Bonchev–Trinajstić information content (AvgIpc) is 2.30. The van der Waals surface area contributed by atoms with Crippen molar-refractivity contribution in [2.45, 2.75) is 12.8 Å². The maximum absolute atomic E-state index is 11.7. The SMILES string of the molecule is O=C1CCCN(C(=O)Oc2ccccc2)C1. The Labute approximate surface area is 93.8 Å². The van der Waals surface area contributed by atoms with E-state index in [1.807, 2.05) is 6.07 Å². The van der Waals surface area contributed by atoms with E-state index in [0.717, 1.165) is 6.42 Å². The van der Waals surface area contributed by atoms with Crippen molar-refractivity contribution in [3.8, 4) is 5.75 Å². The lowest BCUT2D eigenvalue weighted by molar-refractivity contribution is -0.121. The molecule has 1 aliphatic heterocycles. The number of ether oxygens (including phenoxy) is 1.